The van der Waals surface area contributed by atoms with Gasteiger partial charge in [0.15, 0.2) is 11.5 Å². The largest absolute Gasteiger partial charge is 0.441 e. The van der Waals surface area contributed by atoms with Crippen molar-refractivity contribution in [2.75, 3.05) is 32.8 Å². The van der Waals surface area contributed by atoms with Crippen LogP contribution in [-0.2, 0) is 11.2 Å². The summed E-state index contributed by atoms with van der Waals surface area (Å²) in [5, 5.41) is 0. The molecule has 1 saturated heterocycles. The second-order valence-corrected chi connectivity index (χ2v) is 4.28. The molecule has 0 radical (unpaired) electrons. The van der Waals surface area contributed by atoms with E-state index >= 15 is 0 Å². The molecule has 0 atom stereocenters. The summed E-state index contributed by atoms with van der Waals surface area (Å²) in [5.74, 6) is 0.831. The predicted octanol–water partition coefficient (Wildman–Crippen LogP) is 1.70. The van der Waals surface area contributed by atoms with Crippen LogP contribution in [0.25, 0.3) is 11.1 Å². The number of para-hydroxylation sites is 2. The fraction of sp³-hybridized carbons (Fsp3) is 0.462. The van der Waals surface area contributed by atoms with Crippen LogP contribution in [0.5, 0.6) is 0 Å². The lowest BCUT2D eigenvalue weighted by atomic mass is 10.3. The minimum atomic E-state index is 0.831. The van der Waals surface area contributed by atoms with Crippen LogP contribution < -0.4 is 0 Å². The van der Waals surface area contributed by atoms with Crippen LogP contribution in [0.1, 0.15) is 5.89 Å². The average molecular weight is 232 g/mol. The fourth-order valence-electron chi connectivity index (χ4n) is 2.11. The maximum atomic E-state index is 5.69. The first kappa shape index (κ1) is 10.7. The lowest BCUT2D eigenvalue weighted by molar-refractivity contribution is 0.0378. The Balaban J connectivity index is 1.64. The standard InChI is InChI=1S/C13H16N2O2/c1-2-4-12-11(3-1)14-13(17-12)5-6-15-7-9-16-10-8-15/h1-4H,5-10H2. The maximum Gasteiger partial charge on any atom is 0.196 e. The summed E-state index contributed by atoms with van der Waals surface area (Å²) in [6, 6.07) is 7.90. The van der Waals surface area contributed by atoms with E-state index in [1.165, 1.54) is 0 Å². The van der Waals surface area contributed by atoms with Gasteiger partial charge < -0.3 is 9.15 Å². The zero-order valence-electron chi connectivity index (χ0n) is 9.76. The Kier molecular flexibility index (Phi) is 3.07. The first-order valence-corrected chi connectivity index (χ1v) is 6.06. The summed E-state index contributed by atoms with van der Waals surface area (Å²) in [6.07, 6.45) is 0.870. The van der Waals surface area contributed by atoms with E-state index in [0.29, 0.717) is 0 Å². The van der Waals surface area contributed by atoms with E-state index in [0.717, 1.165) is 56.3 Å². The van der Waals surface area contributed by atoms with Crippen molar-refractivity contribution in [3.05, 3.63) is 30.2 Å². The number of nitrogens with zero attached hydrogens (tertiary/aromatic N) is 2. The second-order valence-electron chi connectivity index (χ2n) is 4.28. The molecule has 1 aromatic heterocycles. The molecule has 0 bridgehead atoms. The molecule has 4 heteroatoms. The van der Waals surface area contributed by atoms with Gasteiger partial charge in [-0.3, -0.25) is 4.90 Å². The van der Waals surface area contributed by atoms with Crippen LogP contribution in [0, 0.1) is 0 Å². The highest BCUT2D eigenvalue weighted by Gasteiger charge is 2.12. The van der Waals surface area contributed by atoms with E-state index < -0.39 is 0 Å². The lowest BCUT2D eigenvalue weighted by Gasteiger charge is -2.25. The highest BCUT2D eigenvalue weighted by molar-refractivity contribution is 5.72. The minimum absolute atomic E-state index is 0.831. The molecule has 0 spiro atoms. The van der Waals surface area contributed by atoms with E-state index in [-0.39, 0.29) is 0 Å². The Hall–Kier alpha value is -1.39. The van der Waals surface area contributed by atoms with Crippen LogP contribution in [0.2, 0.25) is 0 Å². The van der Waals surface area contributed by atoms with Crippen LogP contribution in [0.4, 0.5) is 0 Å². The number of hydrogen-bond acceptors (Lipinski definition) is 4. The Bertz CT molecular complexity index is 456. The summed E-state index contributed by atoms with van der Waals surface area (Å²) in [6.45, 7) is 4.71. The van der Waals surface area contributed by atoms with Crippen molar-refractivity contribution in [3.63, 3.8) is 0 Å². The van der Waals surface area contributed by atoms with Crippen molar-refractivity contribution in [1.82, 2.24) is 9.88 Å². The van der Waals surface area contributed by atoms with E-state index in [9.17, 15) is 0 Å². The third kappa shape index (κ3) is 2.48. The first-order valence-electron chi connectivity index (χ1n) is 6.06. The minimum Gasteiger partial charge on any atom is -0.441 e. The number of morpholine rings is 1. The Morgan fingerprint density at radius 1 is 1.18 bits per heavy atom. The van der Waals surface area contributed by atoms with Gasteiger partial charge in [-0.25, -0.2) is 4.98 Å². The molecule has 4 nitrogen and oxygen atoms in total. The van der Waals surface area contributed by atoms with Gasteiger partial charge in [0.1, 0.15) is 5.52 Å². The van der Waals surface area contributed by atoms with E-state index in [2.05, 4.69) is 9.88 Å². The van der Waals surface area contributed by atoms with Gasteiger partial charge in [-0.15, -0.1) is 0 Å². The molecule has 1 aliphatic rings. The number of ether oxygens (including phenoxy) is 1. The summed E-state index contributed by atoms with van der Waals surface area (Å²) in [5.41, 5.74) is 1.83. The van der Waals surface area contributed by atoms with Gasteiger partial charge in [0, 0.05) is 26.1 Å². The molecule has 0 N–H and O–H groups in total. The lowest BCUT2D eigenvalue weighted by Crippen LogP contribution is -2.37. The van der Waals surface area contributed by atoms with Gasteiger partial charge in [-0.05, 0) is 12.1 Å². The van der Waals surface area contributed by atoms with Crippen LogP contribution in [0.15, 0.2) is 28.7 Å². The van der Waals surface area contributed by atoms with Crippen molar-refractivity contribution in [2.45, 2.75) is 6.42 Å². The number of fused-ring (bicyclic) bond motifs is 1. The molecular formula is C13H16N2O2. The second kappa shape index (κ2) is 4.85. The van der Waals surface area contributed by atoms with E-state index in [4.69, 9.17) is 9.15 Å². The van der Waals surface area contributed by atoms with Gasteiger partial charge in [-0.2, -0.15) is 0 Å². The van der Waals surface area contributed by atoms with Crippen LogP contribution in [-0.4, -0.2) is 42.7 Å². The summed E-state index contributed by atoms with van der Waals surface area (Å²) in [7, 11) is 0. The van der Waals surface area contributed by atoms with Gasteiger partial charge in [-0.1, -0.05) is 12.1 Å². The molecule has 17 heavy (non-hydrogen) atoms. The smallest absolute Gasteiger partial charge is 0.196 e. The third-order valence-corrected chi connectivity index (χ3v) is 3.08. The van der Waals surface area contributed by atoms with Crippen molar-refractivity contribution in [1.29, 1.82) is 0 Å². The topological polar surface area (TPSA) is 38.5 Å². The van der Waals surface area contributed by atoms with Crippen molar-refractivity contribution < 1.29 is 9.15 Å². The maximum absolute atomic E-state index is 5.69. The third-order valence-electron chi connectivity index (χ3n) is 3.08. The molecule has 1 aromatic carbocycles. The molecule has 0 amide bonds. The van der Waals surface area contributed by atoms with Crippen molar-refractivity contribution in [2.24, 2.45) is 0 Å². The molecule has 2 heterocycles. The number of aromatic nitrogens is 1. The summed E-state index contributed by atoms with van der Waals surface area (Å²) in [4.78, 5) is 6.86. The van der Waals surface area contributed by atoms with Crippen molar-refractivity contribution in [3.8, 4) is 0 Å². The molecule has 0 saturated carbocycles. The molecule has 0 aliphatic carbocycles. The average Bonchev–Trinajstić information content (AvgIpc) is 2.80. The highest BCUT2D eigenvalue weighted by atomic mass is 16.5. The quantitative estimate of drug-likeness (QED) is 0.807. The Morgan fingerprint density at radius 3 is 2.82 bits per heavy atom. The summed E-state index contributed by atoms with van der Waals surface area (Å²) >= 11 is 0. The number of rotatable bonds is 3. The molecular weight excluding hydrogens is 216 g/mol. The zero-order chi connectivity index (χ0) is 11.5. The number of hydrogen-bond donors (Lipinski definition) is 0. The normalized spacial score (nSPS) is 17.6. The molecule has 90 valence electrons. The Labute approximate surface area is 100 Å². The predicted molar refractivity (Wildman–Crippen MR) is 65.0 cm³/mol. The van der Waals surface area contributed by atoms with E-state index in [1.807, 2.05) is 24.3 Å². The Morgan fingerprint density at radius 2 is 2.00 bits per heavy atom. The van der Waals surface area contributed by atoms with Gasteiger partial charge in [0.05, 0.1) is 13.2 Å². The van der Waals surface area contributed by atoms with E-state index in [1.54, 1.807) is 0 Å². The fourth-order valence-corrected chi connectivity index (χ4v) is 2.11. The van der Waals surface area contributed by atoms with Crippen LogP contribution in [0.3, 0.4) is 0 Å². The summed E-state index contributed by atoms with van der Waals surface area (Å²) < 4.78 is 11.0. The molecule has 2 aromatic rings. The zero-order valence-corrected chi connectivity index (χ0v) is 9.76. The number of benzene rings is 1. The molecule has 0 unspecified atom stereocenters. The molecule has 1 fully saturated rings. The van der Waals surface area contributed by atoms with Gasteiger partial charge >= 0.3 is 0 Å². The van der Waals surface area contributed by atoms with Gasteiger partial charge in [0.25, 0.3) is 0 Å². The van der Waals surface area contributed by atoms with Gasteiger partial charge in [0.2, 0.25) is 0 Å². The monoisotopic (exact) mass is 232 g/mol. The molecule has 1 aliphatic heterocycles. The number of oxazole rings is 1. The first-order chi connectivity index (χ1) is 8.42. The van der Waals surface area contributed by atoms with Crippen molar-refractivity contribution >= 4 is 11.1 Å². The molecule has 3 rings (SSSR count). The SMILES string of the molecule is c1ccc2oc(CCN3CCOCC3)nc2c1. The highest BCUT2D eigenvalue weighted by Crippen LogP contribution is 2.15. The van der Waals surface area contributed by atoms with Crippen LogP contribution >= 0.6 is 0 Å².